The molecule has 0 radical (unpaired) electrons. The van der Waals surface area contributed by atoms with Crippen molar-refractivity contribution in [2.75, 3.05) is 12.4 Å². The predicted molar refractivity (Wildman–Crippen MR) is 83.2 cm³/mol. The highest BCUT2D eigenvalue weighted by Gasteiger charge is 2.18. The minimum atomic E-state index is 0.756. The zero-order valence-corrected chi connectivity index (χ0v) is 12.3. The topological polar surface area (TPSA) is 15.3 Å². The van der Waals surface area contributed by atoms with Gasteiger partial charge < -0.3 is 5.32 Å². The van der Waals surface area contributed by atoms with Crippen LogP contribution < -0.4 is 5.32 Å². The molecule has 19 heavy (non-hydrogen) atoms. The van der Waals surface area contributed by atoms with E-state index in [2.05, 4.69) is 48.1 Å². The van der Waals surface area contributed by atoms with Gasteiger partial charge in [-0.05, 0) is 38.4 Å². The highest BCUT2D eigenvalue weighted by atomic mass is 15.1. The molecule has 1 aliphatic carbocycles. The number of para-hydroxylation sites is 1. The van der Waals surface area contributed by atoms with Crippen molar-refractivity contribution in [1.29, 1.82) is 0 Å². The van der Waals surface area contributed by atoms with Crippen molar-refractivity contribution >= 4 is 5.69 Å². The summed E-state index contributed by atoms with van der Waals surface area (Å²) >= 11 is 0. The lowest BCUT2D eigenvalue weighted by atomic mass is 9.94. The van der Waals surface area contributed by atoms with Gasteiger partial charge >= 0.3 is 0 Å². The summed E-state index contributed by atoms with van der Waals surface area (Å²) in [5.41, 5.74) is 3.55. The number of rotatable bonds is 5. The molecule has 1 aromatic rings. The molecule has 0 aromatic heterocycles. The Bertz CT molecular complexity index is 419. The molecular weight excluding hydrogens is 232 g/mol. The van der Waals surface area contributed by atoms with Gasteiger partial charge in [-0.2, -0.15) is 0 Å². The maximum atomic E-state index is 3.94. The van der Waals surface area contributed by atoms with Gasteiger partial charge in [0, 0.05) is 24.0 Å². The van der Waals surface area contributed by atoms with Crippen molar-refractivity contribution in [3.8, 4) is 0 Å². The molecule has 0 bridgehead atoms. The Morgan fingerprint density at radius 2 is 1.95 bits per heavy atom. The average molecular weight is 258 g/mol. The number of nitrogens with one attached hydrogen (secondary N) is 1. The van der Waals surface area contributed by atoms with Crippen molar-refractivity contribution < 1.29 is 0 Å². The first-order chi connectivity index (χ1) is 9.16. The first kappa shape index (κ1) is 14.1. The highest BCUT2D eigenvalue weighted by Crippen LogP contribution is 2.25. The molecule has 0 saturated heterocycles. The largest absolute Gasteiger partial charge is 0.359 e. The van der Waals surface area contributed by atoms with E-state index in [1.807, 2.05) is 6.92 Å². The van der Waals surface area contributed by atoms with Crippen LogP contribution in [0.2, 0.25) is 0 Å². The quantitative estimate of drug-likeness (QED) is 0.842. The van der Waals surface area contributed by atoms with Gasteiger partial charge in [0.05, 0.1) is 0 Å². The zero-order valence-electron chi connectivity index (χ0n) is 12.3. The molecule has 1 fully saturated rings. The fraction of sp³-hybridized carbons (Fsp3) is 0.529. The molecule has 2 rings (SSSR count). The van der Waals surface area contributed by atoms with Crippen molar-refractivity contribution in [3.05, 3.63) is 42.1 Å². The highest BCUT2D eigenvalue weighted by molar-refractivity contribution is 5.54. The van der Waals surface area contributed by atoms with Crippen molar-refractivity contribution in [1.82, 2.24) is 4.90 Å². The Morgan fingerprint density at radius 3 is 2.63 bits per heavy atom. The second kappa shape index (κ2) is 6.76. The van der Waals surface area contributed by atoms with E-state index in [-0.39, 0.29) is 0 Å². The van der Waals surface area contributed by atoms with Crippen molar-refractivity contribution in [3.63, 3.8) is 0 Å². The second-order valence-electron chi connectivity index (χ2n) is 5.77. The lowest BCUT2D eigenvalue weighted by Crippen LogP contribution is -2.33. The first-order valence-corrected chi connectivity index (χ1v) is 7.37. The fourth-order valence-corrected chi connectivity index (χ4v) is 2.93. The number of nitrogens with zero attached hydrogens (tertiary/aromatic N) is 1. The van der Waals surface area contributed by atoms with E-state index in [0.29, 0.717) is 0 Å². The molecule has 2 nitrogen and oxygen atoms in total. The number of benzene rings is 1. The third kappa shape index (κ3) is 4.10. The molecular formula is C17H26N2. The Hall–Kier alpha value is -1.28. The van der Waals surface area contributed by atoms with Crippen LogP contribution in [0.5, 0.6) is 0 Å². The maximum Gasteiger partial charge on any atom is 0.0427 e. The van der Waals surface area contributed by atoms with Crippen LogP contribution in [0, 0.1) is 0 Å². The summed E-state index contributed by atoms with van der Waals surface area (Å²) in [5.74, 6) is 0. The van der Waals surface area contributed by atoms with Gasteiger partial charge in [-0.25, -0.2) is 0 Å². The summed E-state index contributed by atoms with van der Waals surface area (Å²) in [6.45, 7) is 6.95. The SMILES string of the molecule is C=C(C)Nc1ccccc1CN(C)C1CCCCC1. The van der Waals surface area contributed by atoms with E-state index < -0.39 is 0 Å². The molecule has 104 valence electrons. The molecule has 1 aliphatic rings. The van der Waals surface area contributed by atoms with Gasteiger partial charge in [0.15, 0.2) is 0 Å². The third-order valence-electron chi connectivity index (χ3n) is 3.98. The van der Waals surface area contributed by atoms with Gasteiger partial charge in [0.25, 0.3) is 0 Å². The zero-order chi connectivity index (χ0) is 13.7. The lowest BCUT2D eigenvalue weighted by molar-refractivity contribution is 0.185. The Kier molecular flexibility index (Phi) is 5.03. The Labute approximate surface area is 117 Å². The van der Waals surface area contributed by atoms with Crippen LogP contribution in [-0.2, 0) is 6.54 Å². The van der Waals surface area contributed by atoms with E-state index in [4.69, 9.17) is 0 Å². The van der Waals surface area contributed by atoms with Crippen LogP contribution in [0.15, 0.2) is 36.5 Å². The number of anilines is 1. The minimum Gasteiger partial charge on any atom is -0.359 e. The second-order valence-corrected chi connectivity index (χ2v) is 5.77. The third-order valence-corrected chi connectivity index (χ3v) is 3.98. The van der Waals surface area contributed by atoms with E-state index in [0.717, 1.165) is 18.3 Å². The minimum absolute atomic E-state index is 0.756. The maximum absolute atomic E-state index is 3.94. The predicted octanol–water partition coefficient (Wildman–Crippen LogP) is 4.40. The standard InChI is InChI=1S/C17H26N2/c1-14(2)18-17-12-8-7-9-15(17)13-19(3)16-10-5-4-6-11-16/h7-9,12,16,18H,1,4-6,10-11,13H2,2-3H3. The molecule has 0 spiro atoms. The van der Waals surface area contributed by atoms with Crippen LogP contribution in [0.3, 0.4) is 0 Å². The normalized spacial score (nSPS) is 16.6. The molecule has 0 aliphatic heterocycles. The number of hydrogen-bond donors (Lipinski definition) is 1. The molecule has 0 unspecified atom stereocenters. The van der Waals surface area contributed by atoms with Gasteiger partial charge in [-0.1, -0.05) is 44.0 Å². The van der Waals surface area contributed by atoms with Gasteiger partial charge in [0.1, 0.15) is 0 Å². The Balaban J connectivity index is 2.02. The van der Waals surface area contributed by atoms with Crippen LogP contribution >= 0.6 is 0 Å². The van der Waals surface area contributed by atoms with Crippen molar-refractivity contribution in [2.24, 2.45) is 0 Å². The van der Waals surface area contributed by atoms with Crippen LogP contribution in [-0.4, -0.2) is 18.0 Å². The van der Waals surface area contributed by atoms with Crippen molar-refractivity contribution in [2.45, 2.75) is 51.6 Å². The molecule has 1 N–H and O–H groups in total. The summed E-state index contributed by atoms with van der Waals surface area (Å²) in [4.78, 5) is 2.51. The van der Waals surface area contributed by atoms with E-state index in [1.54, 1.807) is 0 Å². The molecule has 1 saturated carbocycles. The molecule has 1 aromatic carbocycles. The summed E-state index contributed by atoms with van der Waals surface area (Å²) in [6, 6.07) is 9.30. The van der Waals surface area contributed by atoms with Gasteiger partial charge in [-0.15, -0.1) is 0 Å². The van der Waals surface area contributed by atoms with Gasteiger partial charge in [0.2, 0.25) is 0 Å². The number of hydrogen-bond acceptors (Lipinski definition) is 2. The summed E-state index contributed by atoms with van der Waals surface area (Å²) in [7, 11) is 2.26. The van der Waals surface area contributed by atoms with E-state index in [1.165, 1.54) is 43.4 Å². The molecule has 0 heterocycles. The van der Waals surface area contributed by atoms with Gasteiger partial charge in [-0.3, -0.25) is 4.90 Å². The summed E-state index contributed by atoms with van der Waals surface area (Å²) in [6.07, 6.45) is 6.90. The molecule has 0 amide bonds. The van der Waals surface area contributed by atoms with E-state index in [9.17, 15) is 0 Å². The van der Waals surface area contributed by atoms with Crippen LogP contribution in [0.4, 0.5) is 5.69 Å². The summed E-state index contributed by atoms with van der Waals surface area (Å²) < 4.78 is 0. The Morgan fingerprint density at radius 1 is 1.26 bits per heavy atom. The lowest BCUT2D eigenvalue weighted by Gasteiger charge is -2.31. The smallest absolute Gasteiger partial charge is 0.0427 e. The van der Waals surface area contributed by atoms with Crippen LogP contribution in [0.1, 0.15) is 44.6 Å². The number of allylic oxidation sites excluding steroid dienone is 1. The average Bonchev–Trinajstić information content (AvgIpc) is 2.41. The summed E-state index contributed by atoms with van der Waals surface area (Å²) in [5, 5.41) is 3.36. The molecule has 2 heteroatoms. The fourth-order valence-electron chi connectivity index (χ4n) is 2.93. The van der Waals surface area contributed by atoms with E-state index >= 15 is 0 Å². The van der Waals surface area contributed by atoms with Crippen LogP contribution in [0.25, 0.3) is 0 Å². The first-order valence-electron chi connectivity index (χ1n) is 7.37. The monoisotopic (exact) mass is 258 g/mol. The molecule has 0 atom stereocenters.